The molecule has 0 unspecified atom stereocenters. The highest BCUT2D eigenvalue weighted by Crippen LogP contribution is 2.29. The molecule has 0 spiro atoms. The molecule has 0 aromatic carbocycles. The first-order chi connectivity index (χ1) is 14.7. The lowest BCUT2D eigenvalue weighted by Gasteiger charge is -2.29. The molecule has 2 aromatic rings. The summed E-state index contributed by atoms with van der Waals surface area (Å²) in [4.78, 5) is 14.0. The van der Waals surface area contributed by atoms with Gasteiger partial charge in [0.1, 0.15) is 5.82 Å². The third-order valence-electron chi connectivity index (χ3n) is 5.66. The fraction of sp³-hybridized carbons (Fsp3) is 0.750. The van der Waals surface area contributed by atoms with Crippen LogP contribution in [0.4, 0.5) is 11.8 Å². The van der Waals surface area contributed by atoms with E-state index in [0.29, 0.717) is 25.4 Å². The van der Waals surface area contributed by atoms with Gasteiger partial charge in [-0.1, -0.05) is 13.8 Å². The van der Waals surface area contributed by atoms with Gasteiger partial charge in [-0.25, -0.2) is 4.98 Å². The molecule has 174 valence electrons. The highest BCUT2D eigenvalue weighted by Gasteiger charge is 2.24. The van der Waals surface area contributed by atoms with Crippen LogP contribution in [0.2, 0.25) is 0 Å². The molecule has 0 aliphatic heterocycles. The maximum absolute atomic E-state index is 10.7. The van der Waals surface area contributed by atoms with Crippen molar-refractivity contribution in [1.29, 1.82) is 0 Å². The maximum Gasteiger partial charge on any atom is 0.264 e. The average Bonchev–Trinajstić information content (AvgIpc) is 3.05. The number of nitrogens with one attached hydrogen (secondary N) is 2. The molecule has 1 saturated carbocycles. The molecule has 11 heteroatoms. The summed E-state index contributed by atoms with van der Waals surface area (Å²) in [6.07, 6.45) is 5.01. The molecule has 0 bridgehead atoms. The first-order valence-corrected chi connectivity index (χ1v) is 12.5. The Kier molecular flexibility index (Phi) is 7.71. The Labute approximate surface area is 184 Å². The van der Waals surface area contributed by atoms with Gasteiger partial charge in [0.25, 0.3) is 10.1 Å². The Hall–Kier alpha value is -1.98. The number of fused-ring (bicyclic) bond motifs is 1. The van der Waals surface area contributed by atoms with Crippen LogP contribution < -0.4 is 10.6 Å². The van der Waals surface area contributed by atoms with E-state index in [-0.39, 0.29) is 23.8 Å². The summed E-state index contributed by atoms with van der Waals surface area (Å²) < 4.78 is 38.2. The van der Waals surface area contributed by atoms with Crippen LogP contribution in [-0.4, -0.2) is 64.0 Å². The quantitative estimate of drug-likeness (QED) is 0.366. The molecule has 2 heterocycles. The van der Waals surface area contributed by atoms with Gasteiger partial charge in [-0.3, -0.25) is 4.55 Å². The van der Waals surface area contributed by atoms with E-state index in [9.17, 15) is 8.42 Å². The topological polar surface area (TPSA) is 131 Å². The van der Waals surface area contributed by atoms with Crippen molar-refractivity contribution in [3.05, 3.63) is 5.82 Å². The third-order valence-corrected chi connectivity index (χ3v) is 6.46. The minimum atomic E-state index is -3.88. The highest BCUT2D eigenvalue weighted by molar-refractivity contribution is 7.85. The molecule has 31 heavy (non-hydrogen) atoms. The van der Waals surface area contributed by atoms with Crippen molar-refractivity contribution in [3.8, 4) is 0 Å². The van der Waals surface area contributed by atoms with Crippen molar-refractivity contribution in [3.63, 3.8) is 0 Å². The van der Waals surface area contributed by atoms with Gasteiger partial charge in [-0.2, -0.15) is 18.4 Å². The van der Waals surface area contributed by atoms with Crippen LogP contribution >= 0.6 is 0 Å². The number of unbranched alkanes of at least 4 members (excludes halogenated alkanes) is 1. The number of anilines is 2. The molecule has 1 fully saturated rings. The van der Waals surface area contributed by atoms with Crippen LogP contribution in [0.5, 0.6) is 0 Å². The molecule has 0 radical (unpaired) electrons. The van der Waals surface area contributed by atoms with Crippen LogP contribution in [0.15, 0.2) is 0 Å². The number of rotatable bonds is 10. The normalized spacial score (nSPS) is 19.8. The van der Waals surface area contributed by atoms with Crippen molar-refractivity contribution in [2.75, 3.05) is 30.0 Å². The molecular weight excluding hydrogens is 420 g/mol. The Bertz CT molecular complexity index is 983. The van der Waals surface area contributed by atoms with Crippen LogP contribution in [0, 0.1) is 0 Å². The summed E-state index contributed by atoms with van der Waals surface area (Å²) in [5.41, 5.74) is 1.61. The standard InChI is InChI=1S/C20H34N6O4S/c1-13(2)18-23-16-17(24-20(21-3)25-19(16)26(18)4)22-14-7-9-15(10-8-14)30-11-5-6-12-31(27,28)29/h13-15H,5-12H2,1-4H3,(H,27,28,29)(H2,21,22,24,25). The lowest BCUT2D eigenvalue weighted by Crippen LogP contribution is -2.30. The maximum atomic E-state index is 10.7. The minimum Gasteiger partial charge on any atom is -0.378 e. The van der Waals surface area contributed by atoms with E-state index in [1.165, 1.54) is 0 Å². The first-order valence-electron chi connectivity index (χ1n) is 10.9. The second-order valence-electron chi connectivity index (χ2n) is 8.48. The number of aryl methyl sites for hydroxylation is 1. The Balaban J connectivity index is 1.57. The Morgan fingerprint density at radius 3 is 2.48 bits per heavy atom. The second kappa shape index (κ2) is 10.1. The molecular formula is C20H34N6O4S. The van der Waals surface area contributed by atoms with Gasteiger partial charge < -0.3 is 19.9 Å². The zero-order valence-electron chi connectivity index (χ0n) is 18.8. The summed E-state index contributed by atoms with van der Waals surface area (Å²) in [6, 6.07) is 0.284. The molecule has 0 amide bonds. The van der Waals surface area contributed by atoms with Crippen LogP contribution in [-0.2, 0) is 21.9 Å². The van der Waals surface area contributed by atoms with Gasteiger partial charge >= 0.3 is 0 Å². The summed E-state index contributed by atoms with van der Waals surface area (Å²) in [5.74, 6) is 2.38. The van der Waals surface area contributed by atoms with E-state index in [1.807, 2.05) is 18.7 Å². The van der Waals surface area contributed by atoms with Crippen LogP contribution in [0.3, 0.4) is 0 Å². The molecule has 0 atom stereocenters. The predicted molar refractivity (Wildman–Crippen MR) is 121 cm³/mol. The van der Waals surface area contributed by atoms with Gasteiger partial charge in [0, 0.05) is 32.7 Å². The van der Waals surface area contributed by atoms with E-state index >= 15 is 0 Å². The molecule has 1 aliphatic carbocycles. The molecule has 0 saturated heterocycles. The van der Waals surface area contributed by atoms with E-state index in [1.54, 1.807) is 0 Å². The summed E-state index contributed by atoms with van der Waals surface area (Å²) in [7, 11) is -0.0845. The monoisotopic (exact) mass is 454 g/mol. The van der Waals surface area contributed by atoms with Gasteiger partial charge in [0.15, 0.2) is 17.0 Å². The van der Waals surface area contributed by atoms with Crippen LogP contribution in [0.25, 0.3) is 11.2 Å². The zero-order valence-corrected chi connectivity index (χ0v) is 19.6. The fourth-order valence-corrected chi connectivity index (χ4v) is 4.58. The average molecular weight is 455 g/mol. The number of ether oxygens (including phenoxy) is 1. The largest absolute Gasteiger partial charge is 0.378 e. The van der Waals surface area contributed by atoms with E-state index in [4.69, 9.17) is 14.3 Å². The van der Waals surface area contributed by atoms with Crippen molar-refractivity contribution < 1.29 is 17.7 Å². The summed E-state index contributed by atoms with van der Waals surface area (Å²) >= 11 is 0. The lowest BCUT2D eigenvalue weighted by atomic mass is 9.93. The van der Waals surface area contributed by atoms with Gasteiger partial charge in [0.05, 0.1) is 11.9 Å². The van der Waals surface area contributed by atoms with Gasteiger partial charge in [-0.05, 0) is 38.5 Å². The van der Waals surface area contributed by atoms with Crippen molar-refractivity contribution in [2.45, 2.75) is 70.4 Å². The Morgan fingerprint density at radius 2 is 1.87 bits per heavy atom. The highest BCUT2D eigenvalue weighted by atomic mass is 32.2. The van der Waals surface area contributed by atoms with Gasteiger partial charge in [-0.15, -0.1) is 0 Å². The number of imidazole rings is 1. The van der Waals surface area contributed by atoms with E-state index < -0.39 is 10.1 Å². The fourth-order valence-electron chi connectivity index (χ4n) is 4.01. The summed E-state index contributed by atoms with van der Waals surface area (Å²) in [5, 5.41) is 6.61. The van der Waals surface area contributed by atoms with Gasteiger partial charge in [0.2, 0.25) is 5.95 Å². The molecule has 2 aromatic heterocycles. The number of hydrogen-bond donors (Lipinski definition) is 3. The first kappa shape index (κ1) is 23.7. The molecule has 3 rings (SSSR count). The smallest absolute Gasteiger partial charge is 0.264 e. The summed E-state index contributed by atoms with van der Waals surface area (Å²) in [6.45, 7) is 4.75. The van der Waals surface area contributed by atoms with E-state index in [2.05, 4.69) is 34.4 Å². The number of aromatic nitrogens is 4. The number of nitrogens with zero attached hydrogens (tertiary/aromatic N) is 4. The SMILES string of the molecule is CNc1nc(NC2CCC(OCCCCS(=O)(=O)O)CC2)c2nc(C(C)C)n(C)c2n1. The second-order valence-corrected chi connectivity index (χ2v) is 10.1. The predicted octanol–water partition coefficient (Wildman–Crippen LogP) is 2.94. The van der Waals surface area contributed by atoms with Crippen molar-refractivity contribution in [2.24, 2.45) is 7.05 Å². The molecule has 1 aliphatic rings. The van der Waals surface area contributed by atoms with Crippen LogP contribution in [0.1, 0.15) is 64.1 Å². The van der Waals surface area contributed by atoms with Crippen molar-refractivity contribution >= 4 is 33.0 Å². The van der Waals surface area contributed by atoms with E-state index in [0.717, 1.165) is 48.5 Å². The number of hydrogen-bond acceptors (Lipinski definition) is 8. The zero-order chi connectivity index (χ0) is 22.6. The molecule has 3 N–H and O–H groups in total. The molecule has 10 nitrogen and oxygen atoms in total. The Morgan fingerprint density at radius 1 is 1.16 bits per heavy atom. The minimum absolute atomic E-state index is 0.185. The third kappa shape index (κ3) is 6.27. The van der Waals surface area contributed by atoms with Crippen molar-refractivity contribution in [1.82, 2.24) is 19.5 Å². The lowest BCUT2D eigenvalue weighted by molar-refractivity contribution is 0.0250.